The van der Waals surface area contributed by atoms with Crippen molar-refractivity contribution in [1.29, 1.82) is 5.41 Å². The largest absolute Gasteiger partial charge is 0.490 e. The molecule has 0 aliphatic carbocycles. The second-order valence-corrected chi connectivity index (χ2v) is 12.2. The topological polar surface area (TPSA) is 140 Å². The van der Waals surface area contributed by atoms with Crippen molar-refractivity contribution in [1.82, 2.24) is 4.90 Å². The van der Waals surface area contributed by atoms with Crippen molar-refractivity contribution in [3.63, 3.8) is 0 Å². The summed E-state index contributed by atoms with van der Waals surface area (Å²) < 4.78 is 36.3. The lowest BCUT2D eigenvalue weighted by molar-refractivity contribution is -0.144. The SMILES string of the molecule is COC(=O)C[C@@H]1C[C@@H](COc2ccc(-c3ccc(C(=N)N)cc3)cc2S(C)(=O)=O)N(CCCc2ccccc2)C1=O. The van der Waals surface area contributed by atoms with Crippen molar-refractivity contribution in [2.45, 2.75) is 36.6 Å². The number of nitrogen functional groups attached to an aromatic ring is 1. The van der Waals surface area contributed by atoms with Gasteiger partial charge < -0.3 is 20.1 Å². The van der Waals surface area contributed by atoms with E-state index in [4.69, 9.17) is 20.6 Å². The van der Waals surface area contributed by atoms with Crippen molar-refractivity contribution < 1.29 is 27.5 Å². The second-order valence-electron chi connectivity index (χ2n) is 10.2. The molecule has 0 saturated carbocycles. The van der Waals surface area contributed by atoms with Gasteiger partial charge in [0.15, 0.2) is 9.84 Å². The first kappa shape index (κ1) is 29.8. The van der Waals surface area contributed by atoms with Crippen LogP contribution in [-0.4, -0.2) is 63.6 Å². The van der Waals surface area contributed by atoms with E-state index in [2.05, 4.69) is 0 Å². The standard InChI is InChI=1S/C31H35N3O6S/c1-39-29(35)19-25-17-26(34(31(25)36)16-6-9-21-7-4-3-5-8-21)20-40-27-15-14-24(18-28(27)41(2,37)38)22-10-12-23(13-11-22)30(32)33/h3-5,7-8,10-15,18,25-26H,6,9,16-17,19-20H2,1-2H3,(H3,32,33)/t25-,26-/m0/s1. The number of rotatable bonds is 12. The Hall–Kier alpha value is -4.18. The molecule has 0 unspecified atom stereocenters. The number of hydrogen-bond acceptors (Lipinski definition) is 7. The number of amides is 1. The van der Waals surface area contributed by atoms with Gasteiger partial charge in [-0.25, -0.2) is 8.42 Å². The zero-order valence-corrected chi connectivity index (χ0v) is 24.0. The number of amidine groups is 1. The van der Waals surface area contributed by atoms with E-state index in [1.165, 1.54) is 12.7 Å². The normalized spacial score (nSPS) is 16.9. The summed E-state index contributed by atoms with van der Waals surface area (Å²) in [5, 5.41) is 7.57. The van der Waals surface area contributed by atoms with Crippen molar-refractivity contribution in [3.8, 4) is 16.9 Å². The van der Waals surface area contributed by atoms with Gasteiger partial charge in [-0.15, -0.1) is 0 Å². The highest BCUT2D eigenvalue weighted by Gasteiger charge is 2.40. The molecule has 9 nitrogen and oxygen atoms in total. The molecule has 10 heteroatoms. The second kappa shape index (κ2) is 13.0. The number of ether oxygens (including phenoxy) is 2. The zero-order chi connectivity index (χ0) is 29.6. The molecule has 1 fully saturated rings. The number of likely N-dealkylation sites (tertiary alicyclic amines) is 1. The Morgan fingerprint density at radius 3 is 2.37 bits per heavy atom. The lowest BCUT2D eigenvalue weighted by Crippen LogP contribution is -2.38. The number of hydrogen-bond donors (Lipinski definition) is 2. The fraction of sp³-hybridized carbons (Fsp3) is 0.323. The summed E-state index contributed by atoms with van der Waals surface area (Å²) >= 11 is 0. The van der Waals surface area contributed by atoms with Crippen LogP contribution in [-0.2, 0) is 30.6 Å². The monoisotopic (exact) mass is 577 g/mol. The molecule has 0 spiro atoms. The third kappa shape index (κ3) is 7.52. The van der Waals surface area contributed by atoms with Crippen LogP contribution in [0.4, 0.5) is 0 Å². The zero-order valence-electron chi connectivity index (χ0n) is 23.2. The van der Waals surface area contributed by atoms with E-state index < -0.39 is 21.7 Å². The fourth-order valence-electron chi connectivity index (χ4n) is 5.10. The Morgan fingerprint density at radius 2 is 1.73 bits per heavy atom. The van der Waals surface area contributed by atoms with Crippen LogP contribution in [0.25, 0.3) is 11.1 Å². The number of methoxy groups -OCH3 is 1. The van der Waals surface area contributed by atoms with E-state index in [9.17, 15) is 18.0 Å². The minimum atomic E-state index is -3.65. The van der Waals surface area contributed by atoms with Crippen molar-refractivity contribution in [2.24, 2.45) is 11.7 Å². The highest BCUT2D eigenvalue weighted by atomic mass is 32.2. The third-order valence-corrected chi connectivity index (χ3v) is 8.40. The number of nitrogens with zero attached hydrogens (tertiary/aromatic N) is 1. The summed E-state index contributed by atoms with van der Waals surface area (Å²) in [6.45, 7) is 0.581. The fourth-order valence-corrected chi connectivity index (χ4v) is 5.93. The van der Waals surface area contributed by atoms with Crippen molar-refractivity contribution in [2.75, 3.05) is 26.5 Å². The number of aryl methyl sites for hydroxylation is 1. The van der Waals surface area contributed by atoms with Crippen LogP contribution in [0.5, 0.6) is 5.75 Å². The van der Waals surface area contributed by atoms with Gasteiger partial charge in [-0.1, -0.05) is 60.7 Å². The third-order valence-electron chi connectivity index (χ3n) is 7.28. The number of benzene rings is 3. The first-order valence-corrected chi connectivity index (χ1v) is 15.3. The van der Waals surface area contributed by atoms with E-state index in [0.29, 0.717) is 24.1 Å². The Bertz CT molecular complexity index is 1510. The first-order chi connectivity index (χ1) is 19.6. The van der Waals surface area contributed by atoms with E-state index in [0.717, 1.165) is 24.7 Å². The first-order valence-electron chi connectivity index (χ1n) is 13.4. The molecule has 1 aliphatic heterocycles. The minimum Gasteiger partial charge on any atom is -0.490 e. The summed E-state index contributed by atoms with van der Waals surface area (Å²) in [4.78, 5) is 27.0. The average Bonchev–Trinajstić information content (AvgIpc) is 3.25. The maximum Gasteiger partial charge on any atom is 0.306 e. The van der Waals surface area contributed by atoms with Gasteiger partial charge in [-0.05, 0) is 48.1 Å². The van der Waals surface area contributed by atoms with E-state index in [1.807, 2.05) is 30.3 Å². The van der Waals surface area contributed by atoms with Crippen LogP contribution in [0.1, 0.15) is 30.4 Å². The smallest absolute Gasteiger partial charge is 0.306 e. The predicted octanol–water partition coefficient (Wildman–Crippen LogP) is 3.83. The van der Waals surface area contributed by atoms with Crippen LogP contribution < -0.4 is 10.5 Å². The highest BCUT2D eigenvalue weighted by Crippen LogP contribution is 2.33. The minimum absolute atomic E-state index is 0.00722. The van der Waals surface area contributed by atoms with Gasteiger partial charge in [0.2, 0.25) is 5.91 Å². The molecule has 0 bridgehead atoms. The summed E-state index contributed by atoms with van der Waals surface area (Å²) in [5.41, 5.74) is 8.72. The Kier molecular flexibility index (Phi) is 9.44. The molecule has 1 saturated heterocycles. The molecule has 0 radical (unpaired) electrons. The lowest BCUT2D eigenvalue weighted by atomic mass is 10.0. The predicted molar refractivity (Wildman–Crippen MR) is 157 cm³/mol. The molecule has 3 aromatic rings. The molecule has 3 N–H and O–H groups in total. The maximum absolute atomic E-state index is 13.3. The summed E-state index contributed by atoms with van der Waals surface area (Å²) in [6.07, 6.45) is 3.07. The van der Waals surface area contributed by atoms with Crippen LogP contribution in [0.3, 0.4) is 0 Å². The number of nitrogens with one attached hydrogen (secondary N) is 1. The maximum atomic E-state index is 13.3. The Labute approximate surface area is 240 Å². The van der Waals surface area contributed by atoms with Crippen molar-refractivity contribution in [3.05, 3.63) is 83.9 Å². The Morgan fingerprint density at radius 1 is 1.05 bits per heavy atom. The van der Waals surface area contributed by atoms with Gasteiger partial charge in [-0.3, -0.25) is 15.0 Å². The summed E-state index contributed by atoms with van der Waals surface area (Å²) in [5.74, 6) is -0.928. The molecule has 3 aromatic carbocycles. The van der Waals surface area contributed by atoms with E-state index in [-0.39, 0.29) is 41.5 Å². The van der Waals surface area contributed by atoms with Crippen molar-refractivity contribution >= 4 is 27.5 Å². The van der Waals surface area contributed by atoms with Crippen LogP contribution in [0, 0.1) is 11.3 Å². The van der Waals surface area contributed by atoms with Gasteiger partial charge in [0.1, 0.15) is 23.1 Å². The van der Waals surface area contributed by atoms with Crippen LogP contribution in [0.15, 0.2) is 77.7 Å². The van der Waals surface area contributed by atoms with E-state index >= 15 is 0 Å². The van der Waals surface area contributed by atoms with Gasteiger partial charge in [0, 0.05) is 18.4 Å². The van der Waals surface area contributed by atoms with Gasteiger partial charge in [-0.2, -0.15) is 0 Å². The molecule has 2 atom stereocenters. The molecule has 41 heavy (non-hydrogen) atoms. The summed E-state index contributed by atoms with van der Waals surface area (Å²) in [7, 11) is -2.35. The molecule has 1 amide bonds. The molecule has 216 valence electrons. The molecule has 1 heterocycles. The van der Waals surface area contributed by atoms with Crippen LogP contribution in [0.2, 0.25) is 0 Å². The van der Waals surface area contributed by atoms with Gasteiger partial charge in [0.05, 0.1) is 25.5 Å². The number of carbonyl (C=O) groups excluding carboxylic acids is 2. The Balaban J connectivity index is 1.52. The molecular weight excluding hydrogens is 542 g/mol. The molecule has 0 aromatic heterocycles. The number of esters is 1. The summed E-state index contributed by atoms with van der Waals surface area (Å²) in [6, 6.07) is 21.6. The van der Waals surface area contributed by atoms with E-state index in [1.54, 1.807) is 47.4 Å². The highest BCUT2D eigenvalue weighted by molar-refractivity contribution is 7.90. The molecule has 1 aliphatic rings. The molecule has 4 rings (SSSR count). The quantitative estimate of drug-likeness (QED) is 0.189. The average molecular weight is 578 g/mol. The number of sulfone groups is 1. The van der Waals surface area contributed by atoms with Gasteiger partial charge in [0.25, 0.3) is 0 Å². The van der Waals surface area contributed by atoms with Crippen LogP contribution >= 0.6 is 0 Å². The van der Waals surface area contributed by atoms with Gasteiger partial charge >= 0.3 is 5.97 Å². The lowest BCUT2D eigenvalue weighted by Gasteiger charge is -2.25. The number of carbonyl (C=O) groups is 2. The molecular formula is C31H35N3O6S. The number of nitrogens with two attached hydrogens (primary N) is 1.